The molecule has 1 atom stereocenters. The van der Waals surface area contributed by atoms with Crippen molar-refractivity contribution >= 4 is 23.3 Å². The zero-order valence-electron chi connectivity index (χ0n) is 13.0. The van der Waals surface area contributed by atoms with E-state index < -0.39 is 11.6 Å². The number of fused-ring (bicyclic) bond motifs is 3. The third kappa shape index (κ3) is 2.14. The summed E-state index contributed by atoms with van der Waals surface area (Å²) < 4.78 is 28.2. The van der Waals surface area contributed by atoms with Crippen molar-refractivity contribution in [3.05, 3.63) is 29.3 Å². The summed E-state index contributed by atoms with van der Waals surface area (Å²) in [6.07, 6.45) is 3.07. The molecule has 3 N–H and O–H groups in total. The summed E-state index contributed by atoms with van der Waals surface area (Å²) >= 11 is 0. The smallest absolute Gasteiger partial charge is 0.164 e. The predicted molar refractivity (Wildman–Crippen MR) is 86.2 cm³/mol. The van der Waals surface area contributed by atoms with Crippen molar-refractivity contribution in [3.63, 3.8) is 0 Å². The SMILES string of the molecule is CN=CC(F)=C(N)c1cc(F)c2c(c1)N1C(CCC1(C)C)N2. The molecule has 4 nitrogen and oxygen atoms in total. The van der Waals surface area contributed by atoms with Gasteiger partial charge >= 0.3 is 0 Å². The van der Waals surface area contributed by atoms with Crippen LogP contribution in [0.25, 0.3) is 5.70 Å². The van der Waals surface area contributed by atoms with Crippen LogP contribution in [0, 0.1) is 5.82 Å². The monoisotopic (exact) mass is 306 g/mol. The Hall–Kier alpha value is -2.11. The van der Waals surface area contributed by atoms with E-state index in [4.69, 9.17) is 5.73 Å². The lowest BCUT2D eigenvalue weighted by atomic mass is 10.00. The zero-order valence-corrected chi connectivity index (χ0v) is 13.0. The number of halogens is 2. The third-order valence-corrected chi connectivity index (χ3v) is 4.44. The molecule has 0 spiro atoms. The third-order valence-electron chi connectivity index (χ3n) is 4.44. The molecule has 22 heavy (non-hydrogen) atoms. The van der Waals surface area contributed by atoms with Gasteiger partial charge in [-0.25, -0.2) is 8.78 Å². The van der Waals surface area contributed by atoms with Crippen molar-refractivity contribution in [2.75, 3.05) is 17.3 Å². The second-order valence-electron chi connectivity index (χ2n) is 6.38. The molecule has 0 aliphatic carbocycles. The van der Waals surface area contributed by atoms with Gasteiger partial charge in [-0.3, -0.25) is 4.99 Å². The van der Waals surface area contributed by atoms with Crippen LogP contribution in [0.4, 0.5) is 20.2 Å². The number of benzene rings is 1. The Labute approximate surface area is 128 Å². The van der Waals surface area contributed by atoms with Gasteiger partial charge in [0, 0.05) is 18.2 Å². The summed E-state index contributed by atoms with van der Waals surface area (Å²) in [5, 5.41) is 3.21. The molecule has 0 radical (unpaired) electrons. The molecule has 0 saturated carbocycles. The minimum Gasteiger partial charge on any atom is -0.396 e. The van der Waals surface area contributed by atoms with Crippen LogP contribution in [0.3, 0.4) is 0 Å². The molecule has 2 aliphatic heterocycles. The van der Waals surface area contributed by atoms with Gasteiger partial charge in [0.15, 0.2) is 5.83 Å². The van der Waals surface area contributed by atoms with Crippen molar-refractivity contribution in [2.45, 2.75) is 38.4 Å². The van der Waals surface area contributed by atoms with Crippen LogP contribution in [-0.4, -0.2) is 25.0 Å². The Morgan fingerprint density at radius 2 is 2.23 bits per heavy atom. The molecule has 2 heterocycles. The first-order chi connectivity index (χ1) is 10.3. The Morgan fingerprint density at radius 3 is 2.91 bits per heavy atom. The average molecular weight is 306 g/mol. The lowest BCUT2D eigenvalue weighted by Gasteiger charge is -2.33. The first-order valence-corrected chi connectivity index (χ1v) is 7.32. The molecule has 1 aromatic rings. The van der Waals surface area contributed by atoms with Crippen LogP contribution in [0.5, 0.6) is 0 Å². The van der Waals surface area contributed by atoms with Crippen molar-refractivity contribution in [1.82, 2.24) is 0 Å². The van der Waals surface area contributed by atoms with Crippen molar-refractivity contribution in [3.8, 4) is 0 Å². The minimum absolute atomic E-state index is 0.0735. The van der Waals surface area contributed by atoms with E-state index in [0.717, 1.165) is 24.7 Å². The second kappa shape index (κ2) is 4.97. The van der Waals surface area contributed by atoms with Gasteiger partial charge in [-0.05, 0) is 38.8 Å². The lowest BCUT2D eigenvalue weighted by molar-refractivity contribution is 0.514. The van der Waals surface area contributed by atoms with E-state index >= 15 is 0 Å². The van der Waals surface area contributed by atoms with E-state index in [-0.39, 0.29) is 17.4 Å². The van der Waals surface area contributed by atoms with Gasteiger partial charge in [-0.2, -0.15) is 0 Å². The predicted octanol–water partition coefficient (Wildman–Crippen LogP) is 3.25. The Bertz CT molecular complexity index is 679. The van der Waals surface area contributed by atoms with Gasteiger partial charge in [-0.1, -0.05) is 0 Å². The molecule has 1 fully saturated rings. The van der Waals surface area contributed by atoms with E-state index in [2.05, 4.69) is 29.1 Å². The van der Waals surface area contributed by atoms with Crippen LogP contribution in [0.15, 0.2) is 23.0 Å². The van der Waals surface area contributed by atoms with Crippen LogP contribution >= 0.6 is 0 Å². The molecule has 0 bridgehead atoms. The largest absolute Gasteiger partial charge is 0.396 e. The molecule has 1 aromatic carbocycles. The van der Waals surface area contributed by atoms with E-state index in [1.165, 1.54) is 13.1 Å². The van der Waals surface area contributed by atoms with Crippen molar-refractivity contribution in [1.29, 1.82) is 0 Å². The van der Waals surface area contributed by atoms with Gasteiger partial charge in [0.05, 0.1) is 29.5 Å². The number of anilines is 2. The van der Waals surface area contributed by atoms with Crippen LogP contribution in [-0.2, 0) is 0 Å². The highest BCUT2D eigenvalue weighted by atomic mass is 19.1. The number of nitrogens with one attached hydrogen (secondary N) is 1. The van der Waals surface area contributed by atoms with Gasteiger partial charge in [0.2, 0.25) is 0 Å². The van der Waals surface area contributed by atoms with Gasteiger partial charge in [0.25, 0.3) is 0 Å². The average Bonchev–Trinajstić information content (AvgIpc) is 2.97. The standard InChI is InChI=1S/C16H20F2N4/c1-16(2)5-4-13-21-15-10(17)6-9(7-12(15)22(13)16)14(19)11(18)8-20-3/h6-8,13,21H,4-5,19H2,1-3H3. The maximum absolute atomic E-state index is 14.4. The van der Waals surface area contributed by atoms with Crippen molar-refractivity contribution < 1.29 is 8.78 Å². The number of nitrogens with zero attached hydrogens (tertiary/aromatic N) is 2. The molecule has 1 saturated heterocycles. The van der Waals surface area contributed by atoms with E-state index in [1.54, 1.807) is 6.07 Å². The van der Waals surface area contributed by atoms with Gasteiger partial charge in [-0.15, -0.1) is 0 Å². The highest BCUT2D eigenvalue weighted by Gasteiger charge is 2.45. The molecule has 6 heteroatoms. The Balaban J connectivity index is 2.11. The summed E-state index contributed by atoms with van der Waals surface area (Å²) in [6.45, 7) is 4.25. The topological polar surface area (TPSA) is 53.6 Å². The van der Waals surface area contributed by atoms with E-state index in [0.29, 0.717) is 11.3 Å². The van der Waals surface area contributed by atoms with Gasteiger partial charge in [0.1, 0.15) is 5.82 Å². The summed E-state index contributed by atoms with van der Waals surface area (Å²) in [5.41, 5.74) is 7.17. The fraction of sp³-hybridized carbons (Fsp3) is 0.438. The zero-order chi connectivity index (χ0) is 16.1. The fourth-order valence-corrected chi connectivity index (χ4v) is 3.36. The number of allylic oxidation sites excluding steroid dienone is 1. The summed E-state index contributed by atoms with van der Waals surface area (Å²) in [4.78, 5) is 5.76. The quantitative estimate of drug-likeness (QED) is 0.825. The number of rotatable bonds is 2. The number of hydrogen-bond donors (Lipinski definition) is 2. The normalized spacial score (nSPS) is 23.3. The van der Waals surface area contributed by atoms with E-state index in [1.807, 2.05) is 0 Å². The van der Waals surface area contributed by atoms with Crippen LogP contribution in [0.2, 0.25) is 0 Å². The molecular formula is C16H20F2N4. The highest BCUT2D eigenvalue weighted by molar-refractivity contribution is 5.90. The number of hydrogen-bond acceptors (Lipinski definition) is 4. The van der Waals surface area contributed by atoms with E-state index in [9.17, 15) is 8.78 Å². The summed E-state index contributed by atoms with van der Waals surface area (Å²) in [7, 11) is 1.46. The fourth-order valence-electron chi connectivity index (χ4n) is 3.36. The minimum atomic E-state index is -0.662. The second-order valence-corrected chi connectivity index (χ2v) is 6.38. The van der Waals surface area contributed by atoms with Crippen molar-refractivity contribution in [2.24, 2.45) is 10.7 Å². The molecule has 0 aromatic heterocycles. The summed E-state index contributed by atoms with van der Waals surface area (Å²) in [5.74, 6) is -1.08. The maximum atomic E-state index is 14.4. The van der Waals surface area contributed by atoms with Gasteiger partial charge < -0.3 is 16.0 Å². The Kier molecular flexibility index (Phi) is 3.34. The molecule has 3 rings (SSSR count). The first kappa shape index (κ1) is 14.8. The number of nitrogens with two attached hydrogens (primary N) is 1. The maximum Gasteiger partial charge on any atom is 0.164 e. The Morgan fingerprint density at radius 1 is 1.50 bits per heavy atom. The summed E-state index contributed by atoms with van der Waals surface area (Å²) in [6, 6.07) is 3.01. The first-order valence-electron chi connectivity index (χ1n) is 7.32. The molecule has 1 unspecified atom stereocenters. The molecular weight excluding hydrogens is 286 g/mol. The van der Waals surface area contributed by atoms with Crippen LogP contribution < -0.4 is 16.0 Å². The lowest BCUT2D eigenvalue weighted by Crippen LogP contribution is -2.42. The number of aliphatic imine (C=N–C) groups is 1. The molecule has 2 aliphatic rings. The van der Waals surface area contributed by atoms with Crippen LogP contribution in [0.1, 0.15) is 32.3 Å². The molecule has 0 amide bonds. The highest BCUT2D eigenvalue weighted by Crippen LogP contribution is 2.48. The molecule has 118 valence electrons.